The number of nitrogens with one attached hydrogen (secondary N) is 1. The van der Waals surface area contributed by atoms with Crippen molar-refractivity contribution in [1.29, 1.82) is 0 Å². The van der Waals surface area contributed by atoms with Crippen LogP contribution in [-0.2, 0) is 4.79 Å². The van der Waals surface area contributed by atoms with Crippen LogP contribution >= 0.6 is 0 Å². The lowest BCUT2D eigenvalue weighted by Gasteiger charge is -2.39. The van der Waals surface area contributed by atoms with Crippen LogP contribution < -0.4 is 10.7 Å². The topological polar surface area (TPSA) is 79.6 Å². The van der Waals surface area contributed by atoms with Gasteiger partial charge >= 0.3 is 0 Å². The zero-order valence-corrected chi connectivity index (χ0v) is 13.2. The van der Waals surface area contributed by atoms with E-state index in [1.165, 1.54) is 6.07 Å². The Morgan fingerprint density at radius 3 is 2.79 bits per heavy atom. The number of para-hydroxylation sites is 1. The molecular formula is C18H18N2O4. The molecule has 24 heavy (non-hydrogen) atoms. The number of piperidine rings is 1. The molecule has 3 heterocycles. The first kappa shape index (κ1) is 14.9. The Hall–Kier alpha value is -2.63. The van der Waals surface area contributed by atoms with Gasteiger partial charge in [-0.3, -0.25) is 14.4 Å². The van der Waals surface area contributed by atoms with Gasteiger partial charge in [0.15, 0.2) is 11.2 Å². The van der Waals surface area contributed by atoms with E-state index < -0.39 is 5.54 Å². The highest BCUT2D eigenvalue weighted by Gasteiger charge is 2.51. The van der Waals surface area contributed by atoms with Crippen LogP contribution in [0.4, 0.5) is 0 Å². The molecular weight excluding hydrogens is 308 g/mol. The lowest BCUT2D eigenvalue weighted by atomic mass is 9.86. The van der Waals surface area contributed by atoms with Gasteiger partial charge in [-0.25, -0.2) is 0 Å². The Balaban J connectivity index is 1.75. The van der Waals surface area contributed by atoms with E-state index in [0.717, 1.165) is 12.8 Å². The first-order chi connectivity index (χ1) is 11.6. The number of amides is 2. The van der Waals surface area contributed by atoms with Crippen molar-refractivity contribution < 1.29 is 14.0 Å². The molecule has 1 unspecified atom stereocenters. The van der Waals surface area contributed by atoms with Gasteiger partial charge in [0.1, 0.15) is 11.1 Å². The summed E-state index contributed by atoms with van der Waals surface area (Å²) in [6.07, 6.45) is 2.93. The van der Waals surface area contributed by atoms with Gasteiger partial charge in [-0.2, -0.15) is 0 Å². The minimum Gasteiger partial charge on any atom is -0.451 e. The summed E-state index contributed by atoms with van der Waals surface area (Å²) in [4.78, 5) is 39.3. The number of carbonyl (C=O) groups excluding carboxylic acids is 2. The normalized spacial score (nSPS) is 23.7. The molecule has 6 heteroatoms. The average molecular weight is 326 g/mol. The van der Waals surface area contributed by atoms with Crippen LogP contribution in [0.2, 0.25) is 0 Å². The van der Waals surface area contributed by atoms with Gasteiger partial charge in [0.2, 0.25) is 5.91 Å². The number of carbonyl (C=O) groups is 2. The third-order valence-electron chi connectivity index (χ3n) is 5.05. The van der Waals surface area contributed by atoms with Crippen molar-refractivity contribution in [1.82, 2.24) is 10.2 Å². The zero-order chi connectivity index (χ0) is 16.7. The third kappa shape index (κ3) is 2.13. The molecule has 2 fully saturated rings. The Labute approximate surface area is 138 Å². The number of hydrogen-bond acceptors (Lipinski definition) is 4. The standard InChI is InChI=1S/C18H18N2O4/c21-13-11-15(24-14-6-2-1-5-12(13)14)16(22)20-10-4-8-18(20)7-3-9-19-17(18)23/h1-2,5-6,11H,3-4,7-10H2,(H,19,23). The lowest BCUT2D eigenvalue weighted by molar-refractivity contribution is -0.133. The van der Waals surface area contributed by atoms with Gasteiger partial charge in [0.25, 0.3) is 5.91 Å². The molecule has 1 N–H and O–H groups in total. The fraction of sp³-hybridized carbons (Fsp3) is 0.389. The highest BCUT2D eigenvalue weighted by atomic mass is 16.3. The molecule has 1 atom stereocenters. The number of nitrogens with zero attached hydrogens (tertiary/aromatic N) is 1. The molecule has 0 aliphatic carbocycles. The van der Waals surface area contributed by atoms with Crippen LogP contribution in [0.25, 0.3) is 11.0 Å². The lowest BCUT2D eigenvalue weighted by Crippen LogP contribution is -2.60. The summed E-state index contributed by atoms with van der Waals surface area (Å²) in [5, 5.41) is 3.31. The molecule has 1 aromatic heterocycles. The second kappa shape index (κ2) is 5.47. The number of rotatable bonds is 1. The van der Waals surface area contributed by atoms with Gasteiger partial charge in [0, 0.05) is 19.2 Å². The summed E-state index contributed by atoms with van der Waals surface area (Å²) in [5.74, 6) is -0.478. The van der Waals surface area contributed by atoms with Crippen LogP contribution in [0.1, 0.15) is 36.2 Å². The van der Waals surface area contributed by atoms with Crippen LogP contribution in [0.5, 0.6) is 0 Å². The number of benzene rings is 1. The van der Waals surface area contributed by atoms with Crippen molar-refractivity contribution >= 4 is 22.8 Å². The first-order valence-electron chi connectivity index (χ1n) is 8.25. The van der Waals surface area contributed by atoms with Crippen LogP contribution in [-0.4, -0.2) is 35.3 Å². The maximum atomic E-state index is 13.0. The van der Waals surface area contributed by atoms with Gasteiger partial charge < -0.3 is 14.6 Å². The molecule has 124 valence electrons. The number of likely N-dealkylation sites (tertiary alicyclic amines) is 1. The first-order valence-corrected chi connectivity index (χ1v) is 8.25. The number of fused-ring (bicyclic) bond motifs is 1. The van der Waals surface area contributed by atoms with Crippen LogP contribution in [0.15, 0.2) is 39.5 Å². The molecule has 2 amide bonds. The predicted octanol–water partition coefficient (Wildman–Crippen LogP) is 1.68. The van der Waals surface area contributed by atoms with Crippen LogP contribution in [0.3, 0.4) is 0 Å². The van der Waals surface area contributed by atoms with Crippen molar-refractivity contribution in [3.8, 4) is 0 Å². The molecule has 2 saturated heterocycles. The van der Waals surface area contributed by atoms with E-state index in [9.17, 15) is 14.4 Å². The molecule has 2 aromatic rings. The molecule has 0 saturated carbocycles. The fourth-order valence-electron chi connectivity index (χ4n) is 3.87. The second-order valence-corrected chi connectivity index (χ2v) is 6.42. The molecule has 1 spiro atoms. The Morgan fingerprint density at radius 1 is 1.17 bits per heavy atom. The maximum absolute atomic E-state index is 13.0. The summed E-state index contributed by atoms with van der Waals surface area (Å²) in [6, 6.07) is 8.08. The average Bonchev–Trinajstić information content (AvgIpc) is 3.01. The minimum absolute atomic E-state index is 0.00153. The van der Waals surface area contributed by atoms with Gasteiger partial charge in [-0.15, -0.1) is 0 Å². The molecule has 6 nitrogen and oxygen atoms in total. The Morgan fingerprint density at radius 2 is 1.96 bits per heavy atom. The summed E-state index contributed by atoms with van der Waals surface area (Å²) in [6.45, 7) is 1.15. The smallest absolute Gasteiger partial charge is 0.290 e. The maximum Gasteiger partial charge on any atom is 0.290 e. The van der Waals surface area contributed by atoms with E-state index in [-0.39, 0.29) is 23.0 Å². The number of hydrogen-bond donors (Lipinski definition) is 1. The third-order valence-corrected chi connectivity index (χ3v) is 5.05. The van der Waals surface area contributed by atoms with E-state index in [1.807, 2.05) is 0 Å². The minimum atomic E-state index is -0.792. The molecule has 2 aliphatic rings. The molecule has 4 rings (SSSR count). The van der Waals surface area contributed by atoms with E-state index >= 15 is 0 Å². The Kier molecular flexibility index (Phi) is 3.40. The quantitative estimate of drug-likeness (QED) is 0.864. The largest absolute Gasteiger partial charge is 0.451 e. The second-order valence-electron chi connectivity index (χ2n) is 6.42. The summed E-state index contributed by atoms with van der Waals surface area (Å²) < 4.78 is 5.66. The van der Waals surface area contributed by atoms with Crippen molar-refractivity contribution in [2.24, 2.45) is 0 Å². The zero-order valence-electron chi connectivity index (χ0n) is 13.2. The van der Waals surface area contributed by atoms with E-state index in [2.05, 4.69) is 5.32 Å². The van der Waals surface area contributed by atoms with Crippen molar-refractivity contribution in [2.75, 3.05) is 13.1 Å². The van der Waals surface area contributed by atoms with Crippen molar-refractivity contribution in [3.63, 3.8) is 0 Å². The van der Waals surface area contributed by atoms with Gasteiger partial charge in [0.05, 0.1) is 5.39 Å². The van der Waals surface area contributed by atoms with Gasteiger partial charge in [-0.05, 0) is 37.8 Å². The van der Waals surface area contributed by atoms with Crippen LogP contribution in [0, 0.1) is 0 Å². The van der Waals surface area contributed by atoms with Gasteiger partial charge in [-0.1, -0.05) is 12.1 Å². The summed E-state index contributed by atoms with van der Waals surface area (Å²) in [7, 11) is 0. The van der Waals surface area contributed by atoms with Crippen molar-refractivity contribution in [2.45, 2.75) is 31.2 Å². The van der Waals surface area contributed by atoms with E-state index in [4.69, 9.17) is 4.42 Å². The molecule has 0 bridgehead atoms. The molecule has 2 aliphatic heterocycles. The monoisotopic (exact) mass is 326 g/mol. The summed E-state index contributed by atoms with van der Waals surface area (Å²) in [5.41, 5.74) is -0.657. The molecule has 1 aromatic carbocycles. The molecule has 0 radical (unpaired) electrons. The van der Waals surface area contributed by atoms with E-state index in [1.54, 1.807) is 29.2 Å². The fourth-order valence-corrected chi connectivity index (χ4v) is 3.87. The SMILES string of the molecule is O=C(c1cc(=O)c2ccccc2o1)N1CCCC12CCCNC2=O. The highest BCUT2D eigenvalue weighted by molar-refractivity contribution is 5.99. The predicted molar refractivity (Wildman–Crippen MR) is 87.7 cm³/mol. The van der Waals surface area contributed by atoms with Crippen molar-refractivity contribution in [3.05, 3.63) is 46.3 Å². The summed E-state index contributed by atoms with van der Waals surface area (Å²) >= 11 is 0. The Bertz CT molecular complexity index is 888. The van der Waals surface area contributed by atoms with E-state index in [0.29, 0.717) is 36.9 Å². The highest BCUT2D eigenvalue weighted by Crippen LogP contribution is 2.36.